The number of carbonyl (C=O) groups is 1. The molecular formula is C18H26ClFN2O2. The summed E-state index contributed by atoms with van der Waals surface area (Å²) in [7, 11) is 0. The van der Waals surface area contributed by atoms with Gasteiger partial charge in [-0.15, -0.1) is 12.4 Å². The van der Waals surface area contributed by atoms with Gasteiger partial charge in [0, 0.05) is 12.5 Å². The zero-order chi connectivity index (χ0) is 16.2. The molecule has 1 aromatic rings. The van der Waals surface area contributed by atoms with Gasteiger partial charge in [0.15, 0.2) is 11.6 Å². The van der Waals surface area contributed by atoms with E-state index in [1.165, 1.54) is 18.9 Å². The minimum Gasteiger partial charge on any atom is -0.490 e. The van der Waals surface area contributed by atoms with Crippen LogP contribution in [0.4, 0.5) is 4.39 Å². The monoisotopic (exact) mass is 356 g/mol. The predicted molar refractivity (Wildman–Crippen MR) is 94.1 cm³/mol. The van der Waals surface area contributed by atoms with Crippen LogP contribution in [0.25, 0.3) is 0 Å². The van der Waals surface area contributed by atoms with Crippen LogP contribution >= 0.6 is 12.4 Å². The van der Waals surface area contributed by atoms with E-state index in [2.05, 4.69) is 10.6 Å². The Balaban J connectivity index is 0.00000208. The number of hydrogen-bond acceptors (Lipinski definition) is 3. The number of ether oxygens (including phenoxy) is 1. The highest BCUT2D eigenvalue weighted by Crippen LogP contribution is 2.30. The lowest BCUT2D eigenvalue weighted by Crippen LogP contribution is -2.33. The van der Waals surface area contributed by atoms with E-state index in [0.29, 0.717) is 24.7 Å². The Labute approximate surface area is 148 Å². The molecule has 2 fully saturated rings. The van der Waals surface area contributed by atoms with Crippen molar-refractivity contribution in [2.24, 2.45) is 5.92 Å². The Morgan fingerprint density at radius 3 is 2.83 bits per heavy atom. The third-order valence-electron chi connectivity index (χ3n) is 4.60. The van der Waals surface area contributed by atoms with Crippen LogP contribution in [0.2, 0.25) is 0 Å². The van der Waals surface area contributed by atoms with Crippen LogP contribution in [0.3, 0.4) is 0 Å². The van der Waals surface area contributed by atoms with E-state index in [4.69, 9.17) is 4.74 Å². The van der Waals surface area contributed by atoms with Gasteiger partial charge in [-0.25, -0.2) is 4.39 Å². The fourth-order valence-electron chi connectivity index (χ4n) is 2.93. The van der Waals surface area contributed by atoms with Gasteiger partial charge in [0.2, 0.25) is 5.91 Å². The predicted octanol–water partition coefficient (Wildman–Crippen LogP) is 3.36. The maximum atomic E-state index is 14.1. The van der Waals surface area contributed by atoms with Gasteiger partial charge in [0.05, 0.1) is 12.6 Å². The Bertz CT molecular complexity index is 560. The van der Waals surface area contributed by atoms with Gasteiger partial charge in [-0.1, -0.05) is 6.07 Å². The second-order valence-electron chi connectivity index (χ2n) is 6.73. The molecule has 0 spiro atoms. The molecule has 1 aliphatic heterocycles. The highest BCUT2D eigenvalue weighted by Gasteiger charge is 2.23. The molecule has 6 heteroatoms. The second-order valence-corrected chi connectivity index (χ2v) is 6.73. The van der Waals surface area contributed by atoms with Gasteiger partial charge >= 0.3 is 0 Å². The number of benzene rings is 1. The lowest BCUT2D eigenvalue weighted by Gasteiger charge is -2.17. The summed E-state index contributed by atoms with van der Waals surface area (Å²) in [5, 5.41) is 6.25. The standard InChI is InChI=1S/C18H25FN2O2.ClH/c1-12(21-18(22)10-15-3-2-8-20-15)14-6-7-17(16(19)9-14)23-11-13-4-5-13;/h6-7,9,12-13,15,20H,2-5,8,10-11H2,1H3,(H,21,22);1H. The highest BCUT2D eigenvalue weighted by atomic mass is 35.5. The minimum atomic E-state index is -0.360. The summed E-state index contributed by atoms with van der Waals surface area (Å²) < 4.78 is 19.6. The van der Waals surface area contributed by atoms with Gasteiger partial charge in [0.1, 0.15) is 0 Å². The molecule has 1 saturated heterocycles. The summed E-state index contributed by atoms with van der Waals surface area (Å²) in [4.78, 5) is 12.0. The van der Waals surface area contributed by atoms with E-state index in [1.807, 2.05) is 13.0 Å². The van der Waals surface area contributed by atoms with Gasteiger partial charge < -0.3 is 15.4 Å². The molecule has 0 aromatic heterocycles. The van der Waals surface area contributed by atoms with Crippen molar-refractivity contribution in [1.29, 1.82) is 0 Å². The first kappa shape index (κ1) is 19.0. The first-order chi connectivity index (χ1) is 11.1. The number of hydrogen-bond donors (Lipinski definition) is 2. The molecule has 2 aliphatic rings. The molecule has 2 N–H and O–H groups in total. The number of rotatable bonds is 7. The van der Waals surface area contributed by atoms with Crippen molar-refractivity contribution in [3.8, 4) is 5.75 Å². The average Bonchev–Trinajstić information content (AvgIpc) is 3.21. The molecule has 2 unspecified atom stereocenters. The number of nitrogens with one attached hydrogen (secondary N) is 2. The fourth-order valence-corrected chi connectivity index (χ4v) is 2.93. The maximum absolute atomic E-state index is 14.1. The van der Waals surface area contributed by atoms with Gasteiger partial charge in [-0.05, 0) is 62.8 Å². The van der Waals surface area contributed by atoms with Crippen molar-refractivity contribution >= 4 is 18.3 Å². The van der Waals surface area contributed by atoms with Crippen molar-refractivity contribution < 1.29 is 13.9 Å². The summed E-state index contributed by atoms with van der Waals surface area (Å²) in [5.74, 6) is 0.541. The Morgan fingerprint density at radius 1 is 1.42 bits per heavy atom. The zero-order valence-electron chi connectivity index (χ0n) is 14.0. The molecule has 1 saturated carbocycles. The van der Waals surface area contributed by atoms with Crippen LogP contribution in [-0.2, 0) is 4.79 Å². The Morgan fingerprint density at radius 2 is 2.21 bits per heavy atom. The maximum Gasteiger partial charge on any atom is 0.222 e. The van der Waals surface area contributed by atoms with Crippen LogP contribution in [0, 0.1) is 11.7 Å². The van der Waals surface area contributed by atoms with Crippen molar-refractivity contribution in [2.75, 3.05) is 13.2 Å². The third kappa shape index (κ3) is 5.35. The molecule has 2 atom stereocenters. The lowest BCUT2D eigenvalue weighted by atomic mass is 10.1. The molecular weight excluding hydrogens is 331 g/mol. The molecule has 3 rings (SSSR count). The highest BCUT2D eigenvalue weighted by molar-refractivity contribution is 5.85. The molecule has 134 valence electrons. The number of amides is 1. The normalized spacial score (nSPS) is 21.0. The topological polar surface area (TPSA) is 50.4 Å². The van der Waals surface area contributed by atoms with Crippen LogP contribution in [0.15, 0.2) is 18.2 Å². The zero-order valence-corrected chi connectivity index (χ0v) is 14.8. The van der Waals surface area contributed by atoms with Crippen LogP contribution in [-0.4, -0.2) is 25.1 Å². The number of carbonyl (C=O) groups excluding carboxylic acids is 1. The van der Waals surface area contributed by atoms with Crippen molar-refractivity contribution in [3.05, 3.63) is 29.6 Å². The second kappa shape index (κ2) is 8.67. The summed E-state index contributed by atoms with van der Waals surface area (Å²) in [6, 6.07) is 5.01. The van der Waals surface area contributed by atoms with E-state index in [1.54, 1.807) is 6.07 Å². The number of halogens is 2. The molecule has 0 bridgehead atoms. The molecule has 1 aromatic carbocycles. The van der Waals surface area contributed by atoms with E-state index >= 15 is 0 Å². The van der Waals surface area contributed by atoms with E-state index in [-0.39, 0.29) is 36.2 Å². The average molecular weight is 357 g/mol. The van der Waals surface area contributed by atoms with E-state index in [0.717, 1.165) is 24.9 Å². The van der Waals surface area contributed by atoms with Gasteiger partial charge in [0.25, 0.3) is 0 Å². The smallest absolute Gasteiger partial charge is 0.222 e. The van der Waals surface area contributed by atoms with Crippen LogP contribution in [0.1, 0.15) is 50.6 Å². The summed E-state index contributed by atoms with van der Waals surface area (Å²) in [6.45, 7) is 3.46. The Hall–Kier alpha value is -1.33. The lowest BCUT2D eigenvalue weighted by molar-refractivity contribution is -0.122. The molecule has 4 nitrogen and oxygen atoms in total. The molecule has 1 aliphatic carbocycles. The molecule has 0 radical (unpaired) electrons. The fraction of sp³-hybridized carbons (Fsp3) is 0.611. The summed E-state index contributed by atoms with van der Waals surface area (Å²) >= 11 is 0. The van der Waals surface area contributed by atoms with Crippen LogP contribution < -0.4 is 15.4 Å². The molecule has 24 heavy (non-hydrogen) atoms. The van der Waals surface area contributed by atoms with E-state index < -0.39 is 0 Å². The summed E-state index contributed by atoms with van der Waals surface area (Å²) in [5.41, 5.74) is 0.758. The molecule has 1 heterocycles. The first-order valence-electron chi connectivity index (χ1n) is 8.57. The largest absolute Gasteiger partial charge is 0.490 e. The van der Waals surface area contributed by atoms with Crippen molar-refractivity contribution in [2.45, 2.75) is 51.1 Å². The van der Waals surface area contributed by atoms with Gasteiger partial charge in [-0.2, -0.15) is 0 Å². The van der Waals surface area contributed by atoms with Crippen molar-refractivity contribution in [3.63, 3.8) is 0 Å². The van der Waals surface area contributed by atoms with E-state index in [9.17, 15) is 9.18 Å². The summed E-state index contributed by atoms with van der Waals surface area (Å²) in [6.07, 6.45) is 5.01. The Kier molecular flexibility index (Phi) is 6.87. The third-order valence-corrected chi connectivity index (χ3v) is 4.60. The molecule has 1 amide bonds. The van der Waals surface area contributed by atoms with Crippen molar-refractivity contribution in [1.82, 2.24) is 10.6 Å². The quantitative estimate of drug-likeness (QED) is 0.787. The first-order valence-corrected chi connectivity index (χ1v) is 8.57. The van der Waals surface area contributed by atoms with Crippen LogP contribution in [0.5, 0.6) is 5.75 Å². The van der Waals surface area contributed by atoms with Gasteiger partial charge in [-0.3, -0.25) is 4.79 Å². The minimum absolute atomic E-state index is 0. The SMILES string of the molecule is CC(NC(=O)CC1CCCN1)c1ccc(OCC2CC2)c(F)c1.Cl.